The highest BCUT2D eigenvalue weighted by Gasteiger charge is 2.19. The highest BCUT2D eigenvalue weighted by atomic mass is 16.6. The van der Waals surface area contributed by atoms with E-state index in [1.165, 1.54) is 0 Å². The van der Waals surface area contributed by atoms with Crippen LogP contribution in [0.15, 0.2) is 54.6 Å². The fourth-order valence-electron chi connectivity index (χ4n) is 4.75. The Morgan fingerprint density at radius 2 is 1.84 bits per heavy atom. The van der Waals surface area contributed by atoms with Gasteiger partial charge in [0.1, 0.15) is 18.9 Å². The first-order valence-electron chi connectivity index (χ1n) is 12.8. The van der Waals surface area contributed by atoms with E-state index in [0.717, 1.165) is 66.4 Å². The van der Waals surface area contributed by atoms with E-state index in [-0.39, 0.29) is 5.91 Å². The molecule has 0 saturated carbocycles. The van der Waals surface area contributed by atoms with Crippen molar-refractivity contribution in [1.82, 2.24) is 15.2 Å². The molecule has 0 radical (unpaired) electrons. The van der Waals surface area contributed by atoms with E-state index in [1.54, 1.807) is 7.11 Å². The zero-order valence-corrected chi connectivity index (χ0v) is 21.5. The first kappa shape index (κ1) is 24.9. The molecule has 1 saturated heterocycles. The summed E-state index contributed by atoms with van der Waals surface area (Å²) in [6.45, 7) is 4.03. The lowest BCUT2D eigenvalue weighted by atomic mass is 9.97. The summed E-state index contributed by atoms with van der Waals surface area (Å²) >= 11 is 0. The molecule has 8 heteroatoms. The molecule has 1 aromatic heterocycles. The van der Waals surface area contributed by atoms with Crippen LogP contribution in [0.3, 0.4) is 0 Å². The van der Waals surface area contributed by atoms with Crippen molar-refractivity contribution >= 4 is 17.3 Å². The maximum absolute atomic E-state index is 12.4. The van der Waals surface area contributed by atoms with E-state index in [0.29, 0.717) is 37.2 Å². The molecule has 1 fully saturated rings. The molecule has 0 aliphatic carbocycles. The van der Waals surface area contributed by atoms with Gasteiger partial charge in [-0.2, -0.15) is 0 Å². The maximum Gasteiger partial charge on any atom is 0.238 e. The molecule has 2 N–H and O–H groups in total. The van der Waals surface area contributed by atoms with Gasteiger partial charge in [-0.3, -0.25) is 4.79 Å². The lowest BCUT2D eigenvalue weighted by molar-refractivity contribution is -0.120. The Balaban J connectivity index is 1.20. The largest absolute Gasteiger partial charge is 0.486 e. The number of aromatic nitrogens is 1. The topological polar surface area (TPSA) is 85.0 Å². The Hall–Kier alpha value is -3.78. The van der Waals surface area contributed by atoms with Crippen LogP contribution >= 0.6 is 0 Å². The van der Waals surface area contributed by atoms with Crippen LogP contribution in [-0.4, -0.2) is 62.8 Å². The quantitative estimate of drug-likeness (QED) is 0.476. The predicted octanol–water partition coefficient (Wildman–Crippen LogP) is 4.27. The summed E-state index contributed by atoms with van der Waals surface area (Å²) in [5, 5.41) is 6.48. The SMILES string of the molecule is COc1nc(-c2cccc3c2OCCO3)ccc1Nc1ccc(CC(=O)NCC2CCN(C)CC2)cc1. The lowest BCUT2D eigenvalue weighted by Crippen LogP contribution is -2.37. The standard InChI is InChI=1S/C29H34N4O4/c1-33-14-12-21(13-15-33)19-30-27(34)18-20-6-8-22(9-7-20)31-25-11-10-24(32-29(25)35-2)23-4-3-5-26-28(23)37-17-16-36-26/h3-11,21,31H,12-19H2,1-2H3,(H,30,34). The highest BCUT2D eigenvalue weighted by molar-refractivity contribution is 5.79. The number of pyridine rings is 1. The minimum Gasteiger partial charge on any atom is -0.486 e. The number of likely N-dealkylation sites (tertiary alicyclic amines) is 1. The fraction of sp³-hybridized carbons (Fsp3) is 0.379. The molecule has 3 aromatic rings. The molecule has 5 rings (SSSR count). The van der Waals surface area contributed by atoms with Gasteiger partial charge in [0.15, 0.2) is 11.5 Å². The minimum atomic E-state index is 0.0681. The smallest absolute Gasteiger partial charge is 0.238 e. The van der Waals surface area contributed by atoms with Gasteiger partial charge in [0.25, 0.3) is 0 Å². The van der Waals surface area contributed by atoms with Gasteiger partial charge in [0.05, 0.1) is 19.2 Å². The third-order valence-electron chi connectivity index (χ3n) is 6.92. The summed E-state index contributed by atoms with van der Waals surface area (Å²) in [6, 6.07) is 17.5. The number of hydrogen-bond donors (Lipinski definition) is 2. The Bertz CT molecular complexity index is 1220. The van der Waals surface area contributed by atoms with Crippen molar-refractivity contribution in [3.63, 3.8) is 0 Å². The van der Waals surface area contributed by atoms with Crippen LogP contribution in [0.1, 0.15) is 18.4 Å². The van der Waals surface area contributed by atoms with Crippen LogP contribution in [0.2, 0.25) is 0 Å². The summed E-state index contributed by atoms with van der Waals surface area (Å²) < 4.78 is 17.1. The second kappa shape index (κ2) is 11.5. The number of methoxy groups -OCH3 is 1. The number of benzene rings is 2. The number of nitrogens with one attached hydrogen (secondary N) is 2. The monoisotopic (exact) mass is 502 g/mol. The van der Waals surface area contributed by atoms with Crippen LogP contribution in [0.5, 0.6) is 17.4 Å². The van der Waals surface area contributed by atoms with Crippen LogP contribution in [-0.2, 0) is 11.2 Å². The number of anilines is 2. The summed E-state index contributed by atoms with van der Waals surface area (Å²) in [6.07, 6.45) is 2.66. The van der Waals surface area contributed by atoms with Gasteiger partial charge in [-0.05, 0) is 80.9 Å². The van der Waals surface area contributed by atoms with E-state index in [1.807, 2.05) is 54.6 Å². The third-order valence-corrected chi connectivity index (χ3v) is 6.92. The number of fused-ring (bicyclic) bond motifs is 1. The second-order valence-corrected chi connectivity index (χ2v) is 9.63. The molecule has 2 aliphatic rings. The van der Waals surface area contributed by atoms with Gasteiger partial charge in [-0.1, -0.05) is 18.2 Å². The van der Waals surface area contributed by atoms with Gasteiger partial charge >= 0.3 is 0 Å². The number of amides is 1. The van der Waals surface area contributed by atoms with Gasteiger partial charge in [0, 0.05) is 17.8 Å². The second-order valence-electron chi connectivity index (χ2n) is 9.63. The minimum absolute atomic E-state index is 0.0681. The van der Waals surface area contributed by atoms with E-state index in [4.69, 9.17) is 19.2 Å². The number of nitrogens with zero attached hydrogens (tertiary/aromatic N) is 2. The van der Waals surface area contributed by atoms with Crippen molar-refractivity contribution in [3.05, 3.63) is 60.2 Å². The third kappa shape index (κ3) is 6.14. The Labute approximate surface area is 217 Å². The molecule has 2 aliphatic heterocycles. The molecule has 37 heavy (non-hydrogen) atoms. The number of carbonyl (C=O) groups is 1. The summed E-state index contributed by atoms with van der Waals surface area (Å²) in [7, 11) is 3.75. The van der Waals surface area contributed by atoms with Gasteiger partial charge in [-0.15, -0.1) is 0 Å². The van der Waals surface area contributed by atoms with Gasteiger partial charge in [-0.25, -0.2) is 4.98 Å². The zero-order valence-electron chi connectivity index (χ0n) is 21.5. The summed E-state index contributed by atoms with van der Waals surface area (Å²) in [5.74, 6) is 2.55. The van der Waals surface area contributed by atoms with E-state index >= 15 is 0 Å². The van der Waals surface area contributed by atoms with Crippen molar-refractivity contribution in [2.45, 2.75) is 19.3 Å². The average molecular weight is 503 g/mol. The molecule has 8 nitrogen and oxygen atoms in total. The first-order chi connectivity index (χ1) is 18.1. The van der Waals surface area contributed by atoms with Gasteiger partial charge in [0.2, 0.25) is 11.8 Å². The van der Waals surface area contributed by atoms with Crippen LogP contribution < -0.4 is 24.8 Å². The highest BCUT2D eigenvalue weighted by Crippen LogP contribution is 2.40. The Morgan fingerprint density at radius 3 is 2.62 bits per heavy atom. The first-order valence-corrected chi connectivity index (χ1v) is 12.8. The lowest BCUT2D eigenvalue weighted by Gasteiger charge is -2.28. The number of para-hydroxylation sites is 1. The van der Waals surface area contributed by atoms with Crippen LogP contribution in [0.25, 0.3) is 11.3 Å². The van der Waals surface area contributed by atoms with E-state index < -0.39 is 0 Å². The van der Waals surface area contributed by atoms with Crippen molar-refractivity contribution in [2.75, 3.05) is 52.3 Å². The van der Waals surface area contributed by atoms with Gasteiger partial charge < -0.3 is 29.7 Å². The molecule has 194 valence electrons. The Morgan fingerprint density at radius 1 is 1.05 bits per heavy atom. The molecule has 2 aromatic carbocycles. The molecule has 0 atom stereocenters. The molecule has 0 spiro atoms. The van der Waals surface area contributed by atoms with Crippen molar-refractivity contribution in [2.24, 2.45) is 5.92 Å². The molecule has 0 unspecified atom stereocenters. The maximum atomic E-state index is 12.4. The molecule has 1 amide bonds. The number of carbonyl (C=O) groups excluding carboxylic acids is 1. The zero-order chi connectivity index (χ0) is 25.6. The predicted molar refractivity (Wildman–Crippen MR) is 144 cm³/mol. The van der Waals surface area contributed by atoms with Crippen molar-refractivity contribution in [3.8, 4) is 28.6 Å². The van der Waals surface area contributed by atoms with E-state index in [2.05, 4.69) is 22.6 Å². The Kier molecular flexibility index (Phi) is 7.75. The molecular weight excluding hydrogens is 468 g/mol. The van der Waals surface area contributed by atoms with Crippen LogP contribution in [0.4, 0.5) is 11.4 Å². The number of rotatable bonds is 8. The number of ether oxygens (including phenoxy) is 3. The fourth-order valence-corrected chi connectivity index (χ4v) is 4.75. The number of hydrogen-bond acceptors (Lipinski definition) is 7. The molecule has 3 heterocycles. The molecule has 0 bridgehead atoms. The molecular formula is C29H34N4O4. The normalized spacial score (nSPS) is 15.7. The average Bonchev–Trinajstić information content (AvgIpc) is 2.94. The number of piperidine rings is 1. The van der Waals surface area contributed by atoms with E-state index in [9.17, 15) is 4.79 Å². The van der Waals surface area contributed by atoms with Crippen molar-refractivity contribution < 1.29 is 19.0 Å². The van der Waals surface area contributed by atoms with Crippen LogP contribution in [0, 0.1) is 5.92 Å². The summed E-state index contributed by atoms with van der Waals surface area (Å²) in [5.41, 5.74) is 4.21. The van der Waals surface area contributed by atoms with Crippen molar-refractivity contribution in [1.29, 1.82) is 0 Å². The summed E-state index contributed by atoms with van der Waals surface area (Å²) in [4.78, 5) is 19.5.